The maximum absolute atomic E-state index is 11.3. The molecule has 0 aromatic carbocycles. The molecule has 0 saturated heterocycles. The van der Waals surface area contributed by atoms with Gasteiger partial charge in [0.25, 0.3) is 0 Å². The fourth-order valence-electron chi connectivity index (χ4n) is 1.37. The van der Waals surface area contributed by atoms with E-state index in [-0.39, 0.29) is 30.1 Å². The molecule has 4 nitrogen and oxygen atoms in total. The minimum atomic E-state index is -0.556. The highest BCUT2D eigenvalue weighted by molar-refractivity contribution is 5.91. The molecule has 0 bridgehead atoms. The van der Waals surface area contributed by atoms with Crippen molar-refractivity contribution in [2.24, 2.45) is 0 Å². The fraction of sp³-hybridized carbons (Fsp3) is 0.500. The molecule has 0 atom stereocenters. The molecule has 0 heterocycles. The van der Waals surface area contributed by atoms with Gasteiger partial charge in [0.05, 0.1) is 12.2 Å². The van der Waals surface area contributed by atoms with E-state index in [9.17, 15) is 15.0 Å². The number of ether oxygens (including phenoxy) is 1. The first-order chi connectivity index (χ1) is 6.61. The molecule has 78 valence electrons. The van der Waals surface area contributed by atoms with E-state index in [4.69, 9.17) is 4.74 Å². The van der Waals surface area contributed by atoms with Crippen LogP contribution in [0.2, 0.25) is 0 Å². The van der Waals surface area contributed by atoms with E-state index in [0.717, 1.165) is 0 Å². The van der Waals surface area contributed by atoms with Gasteiger partial charge in [-0.3, -0.25) is 0 Å². The van der Waals surface area contributed by atoms with Crippen molar-refractivity contribution in [3.63, 3.8) is 0 Å². The summed E-state index contributed by atoms with van der Waals surface area (Å²) in [5, 5.41) is 18.8. The highest BCUT2D eigenvalue weighted by Gasteiger charge is 2.28. The van der Waals surface area contributed by atoms with E-state index < -0.39 is 5.97 Å². The lowest BCUT2D eigenvalue weighted by Crippen LogP contribution is -2.08. The Balaban J connectivity index is 2.83. The lowest BCUT2D eigenvalue weighted by Gasteiger charge is -2.02. The first-order valence-electron chi connectivity index (χ1n) is 4.62. The van der Waals surface area contributed by atoms with Gasteiger partial charge in [-0.15, -0.1) is 0 Å². The summed E-state index contributed by atoms with van der Waals surface area (Å²) in [6.45, 7) is 3.81. The number of carbonyl (C=O) groups is 1. The lowest BCUT2D eigenvalue weighted by molar-refractivity contribution is -0.138. The summed E-state index contributed by atoms with van der Waals surface area (Å²) in [5.41, 5.74) is 0.826. The fourth-order valence-corrected chi connectivity index (χ4v) is 1.37. The van der Waals surface area contributed by atoms with Crippen molar-refractivity contribution in [2.75, 3.05) is 6.61 Å². The molecule has 1 aliphatic carbocycles. The summed E-state index contributed by atoms with van der Waals surface area (Å²) >= 11 is 0. The number of esters is 1. The summed E-state index contributed by atoms with van der Waals surface area (Å²) in [6, 6.07) is 0. The molecule has 2 N–H and O–H groups in total. The standard InChI is InChI=1S/C10H14O4/c1-3-6-5-7(9(12)8(6)11)10(13)14-4-2/h11-12H,3-5H2,1-2H3. The number of aliphatic hydroxyl groups excluding tert-OH is 2. The zero-order valence-corrected chi connectivity index (χ0v) is 8.33. The van der Waals surface area contributed by atoms with Crippen LogP contribution in [0.3, 0.4) is 0 Å². The van der Waals surface area contributed by atoms with Crippen LogP contribution in [0.4, 0.5) is 0 Å². The predicted molar refractivity (Wildman–Crippen MR) is 50.9 cm³/mol. The Labute approximate surface area is 82.5 Å². The molecule has 0 aromatic heterocycles. The van der Waals surface area contributed by atoms with Crippen molar-refractivity contribution in [1.82, 2.24) is 0 Å². The van der Waals surface area contributed by atoms with Gasteiger partial charge in [-0.25, -0.2) is 4.79 Å². The van der Waals surface area contributed by atoms with Crippen molar-refractivity contribution in [2.45, 2.75) is 26.7 Å². The van der Waals surface area contributed by atoms with Crippen LogP contribution in [-0.4, -0.2) is 22.8 Å². The Morgan fingerprint density at radius 1 is 1.36 bits per heavy atom. The van der Waals surface area contributed by atoms with Gasteiger partial charge in [-0.2, -0.15) is 0 Å². The molecule has 0 amide bonds. The molecule has 0 unspecified atom stereocenters. The second kappa shape index (κ2) is 4.17. The highest BCUT2D eigenvalue weighted by Crippen LogP contribution is 2.31. The van der Waals surface area contributed by atoms with Crippen LogP contribution in [-0.2, 0) is 9.53 Å². The van der Waals surface area contributed by atoms with Gasteiger partial charge in [-0.1, -0.05) is 6.92 Å². The van der Waals surface area contributed by atoms with Crippen molar-refractivity contribution in [1.29, 1.82) is 0 Å². The van der Waals surface area contributed by atoms with Gasteiger partial charge >= 0.3 is 5.97 Å². The van der Waals surface area contributed by atoms with Crippen LogP contribution >= 0.6 is 0 Å². The van der Waals surface area contributed by atoms with Crippen LogP contribution in [0.1, 0.15) is 26.7 Å². The van der Waals surface area contributed by atoms with Crippen LogP contribution in [0.5, 0.6) is 0 Å². The summed E-state index contributed by atoms with van der Waals surface area (Å²) in [5.74, 6) is -1.06. The van der Waals surface area contributed by atoms with Crippen LogP contribution in [0.25, 0.3) is 0 Å². The number of carbonyl (C=O) groups excluding carboxylic acids is 1. The second-order valence-electron chi connectivity index (χ2n) is 3.03. The van der Waals surface area contributed by atoms with Gasteiger partial charge in [0.2, 0.25) is 0 Å². The minimum absolute atomic E-state index is 0.154. The number of rotatable bonds is 3. The Hall–Kier alpha value is -1.45. The third-order valence-corrected chi connectivity index (χ3v) is 2.18. The molecule has 0 aromatic rings. The Morgan fingerprint density at radius 2 is 2.00 bits per heavy atom. The average Bonchev–Trinajstić information content (AvgIpc) is 2.44. The van der Waals surface area contributed by atoms with Crippen molar-refractivity contribution < 1.29 is 19.7 Å². The zero-order chi connectivity index (χ0) is 10.7. The van der Waals surface area contributed by atoms with E-state index in [1.807, 2.05) is 6.92 Å². The molecular formula is C10H14O4. The first-order valence-corrected chi connectivity index (χ1v) is 4.62. The molecule has 4 heteroatoms. The average molecular weight is 198 g/mol. The molecule has 0 spiro atoms. The van der Waals surface area contributed by atoms with Gasteiger partial charge in [0.1, 0.15) is 0 Å². The molecule has 0 saturated carbocycles. The number of hydrogen-bond acceptors (Lipinski definition) is 4. The Bertz CT molecular complexity index is 312. The summed E-state index contributed by atoms with van der Waals surface area (Å²) in [6.07, 6.45) is 0.895. The maximum atomic E-state index is 11.3. The topological polar surface area (TPSA) is 66.8 Å². The van der Waals surface area contributed by atoms with Gasteiger partial charge in [0, 0.05) is 6.42 Å². The van der Waals surface area contributed by atoms with Gasteiger partial charge in [0.15, 0.2) is 11.5 Å². The lowest BCUT2D eigenvalue weighted by atomic mass is 10.1. The van der Waals surface area contributed by atoms with E-state index in [0.29, 0.717) is 12.0 Å². The number of allylic oxidation sites excluding steroid dienone is 1. The summed E-state index contributed by atoms with van der Waals surface area (Å²) in [4.78, 5) is 11.3. The molecule has 0 fully saturated rings. The van der Waals surface area contributed by atoms with Crippen molar-refractivity contribution in [3.8, 4) is 0 Å². The Kier molecular flexibility index (Phi) is 3.17. The van der Waals surface area contributed by atoms with Crippen molar-refractivity contribution in [3.05, 3.63) is 22.7 Å². The van der Waals surface area contributed by atoms with E-state index in [1.54, 1.807) is 6.92 Å². The SMILES string of the molecule is CCOC(=O)C1=C(O)C(O)=C(CC)C1. The van der Waals surface area contributed by atoms with E-state index in [1.165, 1.54) is 0 Å². The number of hydrogen-bond donors (Lipinski definition) is 2. The zero-order valence-electron chi connectivity index (χ0n) is 8.33. The monoisotopic (exact) mass is 198 g/mol. The molecule has 0 radical (unpaired) electrons. The highest BCUT2D eigenvalue weighted by atomic mass is 16.5. The smallest absolute Gasteiger partial charge is 0.338 e. The van der Waals surface area contributed by atoms with Crippen molar-refractivity contribution >= 4 is 5.97 Å². The minimum Gasteiger partial charge on any atom is -0.504 e. The second-order valence-corrected chi connectivity index (χ2v) is 3.03. The van der Waals surface area contributed by atoms with Gasteiger partial charge < -0.3 is 14.9 Å². The largest absolute Gasteiger partial charge is 0.504 e. The molecular weight excluding hydrogens is 184 g/mol. The number of aliphatic hydroxyl groups is 2. The summed E-state index contributed by atoms with van der Waals surface area (Å²) < 4.78 is 4.74. The van der Waals surface area contributed by atoms with Crippen LogP contribution in [0.15, 0.2) is 22.7 Å². The van der Waals surface area contributed by atoms with Crippen LogP contribution < -0.4 is 0 Å². The van der Waals surface area contributed by atoms with Gasteiger partial charge in [-0.05, 0) is 18.9 Å². The molecule has 1 rings (SSSR count). The predicted octanol–water partition coefficient (Wildman–Crippen LogP) is 1.99. The van der Waals surface area contributed by atoms with E-state index in [2.05, 4.69) is 0 Å². The molecule has 0 aliphatic heterocycles. The summed E-state index contributed by atoms with van der Waals surface area (Å²) in [7, 11) is 0. The van der Waals surface area contributed by atoms with Crippen LogP contribution in [0, 0.1) is 0 Å². The third kappa shape index (κ3) is 1.73. The molecule has 1 aliphatic rings. The first kappa shape index (κ1) is 10.6. The quantitative estimate of drug-likeness (QED) is 0.680. The molecule has 14 heavy (non-hydrogen) atoms. The van der Waals surface area contributed by atoms with E-state index >= 15 is 0 Å². The third-order valence-electron chi connectivity index (χ3n) is 2.18. The normalized spacial score (nSPS) is 16.4. The Morgan fingerprint density at radius 3 is 2.43 bits per heavy atom. The maximum Gasteiger partial charge on any atom is 0.338 e.